The molecule has 1 fully saturated rings. The predicted molar refractivity (Wildman–Crippen MR) is 115 cm³/mol. The summed E-state index contributed by atoms with van der Waals surface area (Å²) < 4.78 is 10.3. The van der Waals surface area contributed by atoms with Gasteiger partial charge in [0, 0.05) is 31.9 Å². The van der Waals surface area contributed by atoms with E-state index < -0.39 is 17.8 Å². The average Bonchev–Trinajstić information content (AvgIpc) is 2.79. The topological polar surface area (TPSA) is 97.0 Å². The Balaban J connectivity index is 1.44. The molecule has 0 aromatic heterocycles. The highest BCUT2D eigenvalue weighted by molar-refractivity contribution is 6.39. The summed E-state index contributed by atoms with van der Waals surface area (Å²) >= 11 is 0. The summed E-state index contributed by atoms with van der Waals surface area (Å²) in [4.78, 5) is 38.2. The van der Waals surface area contributed by atoms with Crippen LogP contribution >= 0.6 is 0 Å². The van der Waals surface area contributed by atoms with Gasteiger partial charge in [0.25, 0.3) is 0 Å². The Morgan fingerprint density at radius 3 is 2.23 bits per heavy atom. The maximum Gasteiger partial charge on any atom is 0.338 e. The number of ether oxygens (including phenoxy) is 2. The minimum absolute atomic E-state index is 0.256. The standard InChI is InChI=1S/C23H27N3O5/c1-2-31-23(29)19-7-9-20(10-8-19)25-22(28)21(27)24-15-17-3-5-18(6-4-17)16-26-11-13-30-14-12-26/h3-10H,2,11-16H2,1H3,(H,24,27)(H,25,28). The molecule has 1 aliphatic rings. The normalized spacial score (nSPS) is 14.0. The number of anilines is 1. The van der Waals surface area contributed by atoms with E-state index >= 15 is 0 Å². The Bertz CT molecular complexity index is 890. The van der Waals surface area contributed by atoms with Gasteiger partial charge in [-0.25, -0.2) is 4.79 Å². The van der Waals surface area contributed by atoms with Crippen molar-refractivity contribution in [3.8, 4) is 0 Å². The van der Waals surface area contributed by atoms with Crippen molar-refractivity contribution in [2.45, 2.75) is 20.0 Å². The summed E-state index contributed by atoms with van der Waals surface area (Å²) in [5.74, 6) is -1.94. The molecular formula is C23H27N3O5. The quantitative estimate of drug-likeness (QED) is 0.520. The van der Waals surface area contributed by atoms with Crippen LogP contribution in [0.2, 0.25) is 0 Å². The Hall–Kier alpha value is -3.23. The summed E-state index contributed by atoms with van der Waals surface area (Å²) in [6.45, 7) is 6.53. The van der Waals surface area contributed by atoms with Gasteiger partial charge in [-0.1, -0.05) is 24.3 Å². The second kappa shape index (κ2) is 11.2. The molecule has 8 heteroatoms. The van der Waals surface area contributed by atoms with Gasteiger partial charge in [-0.15, -0.1) is 0 Å². The zero-order valence-electron chi connectivity index (χ0n) is 17.6. The van der Waals surface area contributed by atoms with Gasteiger partial charge in [0.15, 0.2) is 0 Å². The molecule has 1 aliphatic heterocycles. The summed E-state index contributed by atoms with van der Waals surface area (Å²) in [7, 11) is 0. The second-order valence-electron chi connectivity index (χ2n) is 7.14. The van der Waals surface area contributed by atoms with Gasteiger partial charge < -0.3 is 20.1 Å². The van der Waals surface area contributed by atoms with Crippen molar-refractivity contribution in [3.63, 3.8) is 0 Å². The van der Waals surface area contributed by atoms with E-state index in [0.717, 1.165) is 38.4 Å². The summed E-state index contributed by atoms with van der Waals surface area (Å²) in [5, 5.41) is 5.13. The van der Waals surface area contributed by atoms with Crippen molar-refractivity contribution >= 4 is 23.5 Å². The number of rotatable bonds is 7. The second-order valence-corrected chi connectivity index (χ2v) is 7.14. The number of morpholine rings is 1. The monoisotopic (exact) mass is 425 g/mol. The number of nitrogens with one attached hydrogen (secondary N) is 2. The first-order valence-corrected chi connectivity index (χ1v) is 10.3. The summed E-state index contributed by atoms with van der Waals surface area (Å²) in [5.41, 5.74) is 2.90. The molecule has 3 rings (SSSR count). The van der Waals surface area contributed by atoms with Crippen LogP contribution in [-0.2, 0) is 32.2 Å². The molecule has 8 nitrogen and oxygen atoms in total. The van der Waals surface area contributed by atoms with Gasteiger partial charge in [-0.05, 0) is 42.3 Å². The molecule has 2 amide bonds. The molecule has 2 aromatic rings. The van der Waals surface area contributed by atoms with Crippen molar-refractivity contribution in [2.75, 3.05) is 38.2 Å². The van der Waals surface area contributed by atoms with Crippen molar-refractivity contribution in [1.29, 1.82) is 0 Å². The third kappa shape index (κ3) is 6.91. The van der Waals surface area contributed by atoms with Crippen LogP contribution in [0.25, 0.3) is 0 Å². The predicted octanol–water partition coefficient (Wildman–Crippen LogP) is 1.95. The minimum atomic E-state index is -0.771. The number of esters is 1. The molecule has 1 saturated heterocycles. The Kier molecular flexibility index (Phi) is 8.14. The lowest BCUT2D eigenvalue weighted by Gasteiger charge is -2.26. The lowest BCUT2D eigenvalue weighted by atomic mass is 10.1. The van der Waals surface area contributed by atoms with Crippen LogP contribution in [-0.4, -0.2) is 55.6 Å². The molecule has 0 radical (unpaired) electrons. The van der Waals surface area contributed by atoms with E-state index in [4.69, 9.17) is 9.47 Å². The van der Waals surface area contributed by atoms with Crippen LogP contribution in [0.1, 0.15) is 28.4 Å². The Labute approximate surface area is 181 Å². The van der Waals surface area contributed by atoms with E-state index in [1.54, 1.807) is 19.1 Å². The largest absolute Gasteiger partial charge is 0.462 e. The SMILES string of the molecule is CCOC(=O)c1ccc(NC(=O)C(=O)NCc2ccc(CN3CCOCC3)cc2)cc1. The first-order valence-electron chi connectivity index (χ1n) is 10.3. The van der Waals surface area contributed by atoms with Gasteiger partial charge in [0.1, 0.15) is 0 Å². The fraction of sp³-hybridized carbons (Fsp3) is 0.348. The van der Waals surface area contributed by atoms with E-state index in [1.807, 2.05) is 24.3 Å². The van der Waals surface area contributed by atoms with Gasteiger partial charge in [-0.2, -0.15) is 0 Å². The van der Waals surface area contributed by atoms with Crippen LogP contribution in [0.15, 0.2) is 48.5 Å². The van der Waals surface area contributed by atoms with E-state index in [0.29, 0.717) is 11.3 Å². The molecule has 31 heavy (non-hydrogen) atoms. The zero-order valence-corrected chi connectivity index (χ0v) is 17.6. The van der Waals surface area contributed by atoms with Gasteiger partial charge in [0.05, 0.1) is 25.4 Å². The van der Waals surface area contributed by atoms with Crippen LogP contribution < -0.4 is 10.6 Å². The lowest BCUT2D eigenvalue weighted by Crippen LogP contribution is -2.35. The van der Waals surface area contributed by atoms with Crippen LogP contribution in [0.3, 0.4) is 0 Å². The molecule has 1 heterocycles. The third-order valence-corrected chi connectivity index (χ3v) is 4.85. The molecule has 0 saturated carbocycles. The van der Waals surface area contributed by atoms with Crippen molar-refractivity contribution in [2.24, 2.45) is 0 Å². The molecule has 0 aliphatic carbocycles. The van der Waals surface area contributed by atoms with Gasteiger partial charge in [0.2, 0.25) is 0 Å². The van der Waals surface area contributed by atoms with E-state index in [-0.39, 0.29) is 13.2 Å². The third-order valence-electron chi connectivity index (χ3n) is 4.85. The van der Waals surface area contributed by atoms with Gasteiger partial charge >= 0.3 is 17.8 Å². The van der Waals surface area contributed by atoms with Crippen LogP contribution in [0, 0.1) is 0 Å². The van der Waals surface area contributed by atoms with Gasteiger partial charge in [-0.3, -0.25) is 14.5 Å². The maximum absolute atomic E-state index is 12.1. The summed E-state index contributed by atoms with van der Waals surface area (Å²) in [6, 6.07) is 14.1. The number of carbonyl (C=O) groups is 3. The van der Waals surface area contributed by atoms with Crippen LogP contribution in [0.5, 0.6) is 0 Å². The number of hydrogen-bond acceptors (Lipinski definition) is 6. The number of amides is 2. The van der Waals surface area contributed by atoms with E-state index in [2.05, 4.69) is 15.5 Å². The Morgan fingerprint density at radius 1 is 0.935 bits per heavy atom. The highest BCUT2D eigenvalue weighted by atomic mass is 16.5. The number of nitrogens with zero attached hydrogens (tertiary/aromatic N) is 1. The van der Waals surface area contributed by atoms with Crippen molar-refractivity contribution in [1.82, 2.24) is 10.2 Å². The first kappa shape index (κ1) is 22.5. The minimum Gasteiger partial charge on any atom is -0.462 e. The summed E-state index contributed by atoms with van der Waals surface area (Å²) in [6.07, 6.45) is 0. The van der Waals surface area contributed by atoms with Crippen LogP contribution in [0.4, 0.5) is 5.69 Å². The van der Waals surface area contributed by atoms with Crippen molar-refractivity contribution < 1.29 is 23.9 Å². The maximum atomic E-state index is 12.1. The molecule has 0 atom stereocenters. The lowest BCUT2D eigenvalue weighted by molar-refractivity contribution is -0.136. The fourth-order valence-electron chi connectivity index (χ4n) is 3.13. The first-order chi connectivity index (χ1) is 15.0. The Morgan fingerprint density at radius 2 is 1.58 bits per heavy atom. The van der Waals surface area contributed by atoms with E-state index in [9.17, 15) is 14.4 Å². The molecule has 2 aromatic carbocycles. The fourth-order valence-corrected chi connectivity index (χ4v) is 3.13. The molecule has 164 valence electrons. The molecule has 0 spiro atoms. The number of hydrogen-bond donors (Lipinski definition) is 2. The number of carbonyl (C=O) groups excluding carboxylic acids is 3. The smallest absolute Gasteiger partial charge is 0.338 e. The van der Waals surface area contributed by atoms with E-state index in [1.165, 1.54) is 17.7 Å². The molecular weight excluding hydrogens is 398 g/mol. The number of benzene rings is 2. The molecule has 0 unspecified atom stereocenters. The highest BCUT2D eigenvalue weighted by Crippen LogP contribution is 2.11. The average molecular weight is 425 g/mol. The highest BCUT2D eigenvalue weighted by Gasteiger charge is 2.14. The van der Waals surface area contributed by atoms with Crippen molar-refractivity contribution in [3.05, 3.63) is 65.2 Å². The molecule has 2 N–H and O–H groups in total. The zero-order chi connectivity index (χ0) is 22.1. The molecule has 0 bridgehead atoms.